The van der Waals surface area contributed by atoms with Crippen LogP contribution < -0.4 is 5.32 Å². The molecular formula is C14H28N2S. The van der Waals surface area contributed by atoms with Gasteiger partial charge in [-0.15, -0.1) is 0 Å². The molecule has 0 amide bonds. The number of hydrogen-bond donors (Lipinski definition) is 1. The number of hydrogen-bond acceptors (Lipinski definition) is 3. The zero-order valence-electron chi connectivity index (χ0n) is 11.8. The van der Waals surface area contributed by atoms with Gasteiger partial charge in [0.05, 0.1) is 0 Å². The average Bonchev–Trinajstić information content (AvgIpc) is 2.32. The van der Waals surface area contributed by atoms with Gasteiger partial charge in [0.25, 0.3) is 0 Å². The van der Waals surface area contributed by atoms with Crippen molar-refractivity contribution in [3.05, 3.63) is 0 Å². The maximum Gasteiger partial charge on any atom is 0.0253 e. The van der Waals surface area contributed by atoms with Crippen molar-refractivity contribution in [2.75, 3.05) is 19.3 Å². The van der Waals surface area contributed by atoms with E-state index in [0.29, 0.717) is 6.04 Å². The topological polar surface area (TPSA) is 15.3 Å². The molecule has 2 fully saturated rings. The van der Waals surface area contributed by atoms with Gasteiger partial charge in [0, 0.05) is 36.0 Å². The van der Waals surface area contributed by atoms with Crippen molar-refractivity contribution in [3.8, 4) is 0 Å². The molecule has 1 aliphatic carbocycles. The molecule has 2 rings (SSSR count). The molecule has 17 heavy (non-hydrogen) atoms. The Morgan fingerprint density at radius 2 is 1.94 bits per heavy atom. The van der Waals surface area contributed by atoms with E-state index in [1.165, 1.54) is 32.2 Å². The third kappa shape index (κ3) is 3.18. The lowest BCUT2D eigenvalue weighted by molar-refractivity contribution is 0.0489. The van der Waals surface area contributed by atoms with E-state index < -0.39 is 0 Å². The van der Waals surface area contributed by atoms with Crippen molar-refractivity contribution in [1.29, 1.82) is 0 Å². The Kier molecular flexibility index (Phi) is 4.43. The van der Waals surface area contributed by atoms with Crippen LogP contribution >= 0.6 is 11.8 Å². The van der Waals surface area contributed by atoms with Gasteiger partial charge in [-0.25, -0.2) is 0 Å². The minimum absolute atomic E-state index is 0.285. The van der Waals surface area contributed by atoms with Gasteiger partial charge in [0.2, 0.25) is 0 Å². The molecule has 3 heteroatoms. The van der Waals surface area contributed by atoms with E-state index in [9.17, 15) is 0 Å². The molecule has 0 aromatic carbocycles. The molecule has 2 nitrogen and oxygen atoms in total. The minimum atomic E-state index is 0.285. The second kappa shape index (κ2) is 5.50. The summed E-state index contributed by atoms with van der Waals surface area (Å²) in [5.41, 5.74) is 0.285. The molecule has 1 heterocycles. The second-order valence-corrected chi connectivity index (χ2v) is 7.49. The third-order valence-electron chi connectivity index (χ3n) is 4.42. The Morgan fingerprint density at radius 1 is 1.24 bits per heavy atom. The minimum Gasteiger partial charge on any atom is -0.309 e. The van der Waals surface area contributed by atoms with Crippen LogP contribution in [0.2, 0.25) is 0 Å². The Balaban J connectivity index is 2.07. The second-order valence-electron chi connectivity index (χ2n) is 6.41. The van der Waals surface area contributed by atoms with Crippen LogP contribution in [-0.2, 0) is 0 Å². The molecule has 1 saturated heterocycles. The van der Waals surface area contributed by atoms with Crippen molar-refractivity contribution in [3.63, 3.8) is 0 Å². The summed E-state index contributed by atoms with van der Waals surface area (Å²) in [6, 6.07) is 1.51. The van der Waals surface area contributed by atoms with Gasteiger partial charge >= 0.3 is 0 Å². The molecule has 0 aromatic rings. The monoisotopic (exact) mass is 256 g/mol. The predicted molar refractivity (Wildman–Crippen MR) is 77.8 cm³/mol. The molecule has 3 atom stereocenters. The number of thioether (sulfide) groups is 1. The fourth-order valence-corrected chi connectivity index (χ4v) is 4.39. The van der Waals surface area contributed by atoms with Crippen molar-refractivity contribution in [2.24, 2.45) is 0 Å². The first-order chi connectivity index (χ1) is 8.03. The van der Waals surface area contributed by atoms with Crippen LogP contribution in [0.15, 0.2) is 0 Å². The van der Waals surface area contributed by atoms with E-state index in [-0.39, 0.29) is 5.54 Å². The number of piperazine rings is 1. The lowest BCUT2D eigenvalue weighted by atomic mass is 9.89. The number of rotatable bonds is 2. The maximum atomic E-state index is 3.66. The van der Waals surface area contributed by atoms with Crippen LogP contribution in [0.25, 0.3) is 0 Å². The van der Waals surface area contributed by atoms with Crippen LogP contribution in [0.5, 0.6) is 0 Å². The summed E-state index contributed by atoms with van der Waals surface area (Å²) in [6.45, 7) is 9.40. The maximum absolute atomic E-state index is 3.66. The average molecular weight is 256 g/mol. The molecule has 0 radical (unpaired) electrons. The largest absolute Gasteiger partial charge is 0.309 e. The van der Waals surface area contributed by atoms with Crippen LogP contribution in [0.1, 0.15) is 46.5 Å². The van der Waals surface area contributed by atoms with Gasteiger partial charge in [0.1, 0.15) is 0 Å². The van der Waals surface area contributed by atoms with Gasteiger partial charge in [-0.1, -0.05) is 12.8 Å². The van der Waals surface area contributed by atoms with Crippen molar-refractivity contribution in [1.82, 2.24) is 10.2 Å². The van der Waals surface area contributed by atoms with Crippen LogP contribution in [0, 0.1) is 0 Å². The fourth-order valence-electron chi connectivity index (χ4n) is 3.39. The third-order valence-corrected chi connectivity index (χ3v) is 5.57. The summed E-state index contributed by atoms with van der Waals surface area (Å²) in [5.74, 6) is 0. The zero-order valence-corrected chi connectivity index (χ0v) is 12.6. The summed E-state index contributed by atoms with van der Waals surface area (Å²) >= 11 is 2.09. The normalized spacial score (nSPS) is 39.2. The highest BCUT2D eigenvalue weighted by Crippen LogP contribution is 2.33. The van der Waals surface area contributed by atoms with E-state index in [2.05, 4.69) is 49.0 Å². The van der Waals surface area contributed by atoms with Crippen LogP contribution in [-0.4, -0.2) is 47.1 Å². The van der Waals surface area contributed by atoms with E-state index in [4.69, 9.17) is 0 Å². The Bertz CT molecular complexity index is 255. The highest BCUT2D eigenvalue weighted by atomic mass is 32.2. The van der Waals surface area contributed by atoms with Gasteiger partial charge < -0.3 is 5.32 Å². The molecule has 0 bridgehead atoms. The summed E-state index contributed by atoms with van der Waals surface area (Å²) in [7, 11) is 0. The number of nitrogens with zero attached hydrogens (tertiary/aromatic N) is 1. The Morgan fingerprint density at radius 3 is 2.65 bits per heavy atom. The van der Waals surface area contributed by atoms with E-state index in [1.54, 1.807) is 0 Å². The molecule has 2 aliphatic rings. The summed E-state index contributed by atoms with van der Waals surface area (Å²) in [4.78, 5) is 2.79. The smallest absolute Gasteiger partial charge is 0.0253 e. The quantitative estimate of drug-likeness (QED) is 0.818. The molecule has 3 unspecified atom stereocenters. The SMILES string of the molecule is CSC1CCCCC1N1CC(C)(C)NCC1C. The summed E-state index contributed by atoms with van der Waals surface area (Å²) in [5, 5.41) is 4.52. The standard InChI is InChI=1S/C14H28N2S/c1-11-9-15-14(2,3)10-16(11)12-7-5-6-8-13(12)17-4/h11-13,15H,5-10H2,1-4H3. The van der Waals surface area contributed by atoms with Gasteiger partial charge in [-0.2, -0.15) is 11.8 Å². The van der Waals surface area contributed by atoms with Crippen molar-refractivity contribution >= 4 is 11.8 Å². The van der Waals surface area contributed by atoms with Gasteiger partial charge in [-0.3, -0.25) is 4.90 Å². The van der Waals surface area contributed by atoms with E-state index in [1.807, 2.05) is 0 Å². The van der Waals surface area contributed by atoms with Crippen LogP contribution in [0.4, 0.5) is 0 Å². The molecule has 0 spiro atoms. The fraction of sp³-hybridized carbons (Fsp3) is 1.00. The molecule has 1 aliphatic heterocycles. The van der Waals surface area contributed by atoms with Gasteiger partial charge in [-0.05, 0) is 39.9 Å². The Labute approximate surface area is 111 Å². The zero-order chi connectivity index (χ0) is 12.5. The van der Waals surface area contributed by atoms with E-state index in [0.717, 1.165) is 17.8 Å². The first kappa shape index (κ1) is 13.7. The molecule has 1 N–H and O–H groups in total. The predicted octanol–water partition coefficient (Wildman–Crippen LogP) is 2.73. The molecular weight excluding hydrogens is 228 g/mol. The first-order valence-electron chi connectivity index (χ1n) is 7.07. The molecule has 1 saturated carbocycles. The van der Waals surface area contributed by atoms with Crippen molar-refractivity contribution in [2.45, 2.75) is 69.3 Å². The molecule has 100 valence electrons. The highest BCUT2D eigenvalue weighted by molar-refractivity contribution is 7.99. The van der Waals surface area contributed by atoms with E-state index >= 15 is 0 Å². The first-order valence-corrected chi connectivity index (χ1v) is 8.36. The number of nitrogens with one attached hydrogen (secondary N) is 1. The van der Waals surface area contributed by atoms with Crippen LogP contribution in [0.3, 0.4) is 0 Å². The summed E-state index contributed by atoms with van der Waals surface area (Å²) in [6.07, 6.45) is 7.99. The van der Waals surface area contributed by atoms with Crippen molar-refractivity contribution < 1.29 is 0 Å². The Hall–Kier alpha value is 0.270. The highest BCUT2D eigenvalue weighted by Gasteiger charge is 2.38. The molecule has 0 aromatic heterocycles. The summed E-state index contributed by atoms with van der Waals surface area (Å²) < 4.78 is 0. The lowest BCUT2D eigenvalue weighted by Gasteiger charge is -2.50. The lowest BCUT2D eigenvalue weighted by Crippen LogP contribution is -2.64. The van der Waals surface area contributed by atoms with Gasteiger partial charge in [0.15, 0.2) is 0 Å².